The van der Waals surface area contributed by atoms with Crippen LogP contribution in [0.2, 0.25) is 0 Å². The van der Waals surface area contributed by atoms with E-state index in [0.717, 1.165) is 11.1 Å². The number of methoxy groups -OCH3 is 1. The van der Waals surface area contributed by atoms with Gasteiger partial charge in [-0.05, 0) is 41.0 Å². The molecule has 1 aliphatic heterocycles. The molecule has 0 aromatic heterocycles. The van der Waals surface area contributed by atoms with E-state index in [1.165, 1.54) is 0 Å². The summed E-state index contributed by atoms with van der Waals surface area (Å²) in [7, 11) is 1.58. The first-order chi connectivity index (χ1) is 14.1. The first-order valence-corrected chi connectivity index (χ1v) is 9.42. The van der Waals surface area contributed by atoms with E-state index >= 15 is 0 Å². The van der Waals surface area contributed by atoms with E-state index in [0.29, 0.717) is 17.0 Å². The zero-order chi connectivity index (χ0) is 20.4. The van der Waals surface area contributed by atoms with Gasteiger partial charge in [0.05, 0.1) is 19.6 Å². The van der Waals surface area contributed by atoms with Crippen molar-refractivity contribution in [2.75, 3.05) is 12.0 Å². The number of hydrogen-bond donors (Lipinski definition) is 1. The Hall–Kier alpha value is -3.60. The normalized spacial score (nSPS) is 18.7. The van der Waals surface area contributed by atoms with Crippen molar-refractivity contribution in [3.05, 3.63) is 95.6 Å². The van der Waals surface area contributed by atoms with E-state index in [4.69, 9.17) is 4.74 Å². The van der Waals surface area contributed by atoms with Crippen LogP contribution in [0.1, 0.15) is 28.7 Å². The number of carboxylic acid groups (broad SMARTS) is 1. The van der Waals surface area contributed by atoms with Crippen LogP contribution >= 0.6 is 0 Å². The molecular weight excluding hydrogens is 366 g/mol. The van der Waals surface area contributed by atoms with Crippen molar-refractivity contribution < 1.29 is 19.4 Å². The van der Waals surface area contributed by atoms with E-state index in [9.17, 15) is 14.7 Å². The number of nitrogens with zero attached hydrogens (tertiary/aromatic N) is 1. The molecule has 0 saturated heterocycles. The van der Waals surface area contributed by atoms with Crippen molar-refractivity contribution >= 4 is 17.6 Å². The summed E-state index contributed by atoms with van der Waals surface area (Å²) in [5.74, 6) is -1.32. The van der Waals surface area contributed by atoms with Gasteiger partial charge in [-0.3, -0.25) is 9.59 Å². The number of carbonyl (C=O) groups excluding carboxylic acids is 1. The second-order valence-electron chi connectivity index (χ2n) is 7.01. The minimum atomic E-state index is -0.964. The van der Waals surface area contributed by atoms with Gasteiger partial charge in [-0.1, -0.05) is 54.6 Å². The highest BCUT2D eigenvalue weighted by molar-refractivity contribution is 5.98. The number of aliphatic carboxylic acids is 1. The van der Waals surface area contributed by atoms with Crippen LogP contribution in [0.15, 0.2) is 78.9 Å². The van der Waals surface area contributed by atoms with E-state index in [1.54, 1.807) is 24.1 Å². The fraction of sp³-hybridized carbons (Fsp3) is 0.167. The summed E-state index contributed by atoms with van der Waals surface area (Å²) in [6.07, 6.45) is 0.154. The van der Waals surface area contributed by atoms with Gasteiger partial charge in [-0.15, -0.1) is 0 Å². The largest absolute Gasteiger partial charge is 0.497 e. The summed E-state index contributed by atoms with van der Waals surface area (Å²) in [4.78, 5) is 27.5. The molecule has 2 unspecified atom stereocenters. The van der Waals surface area contributed by atoms with Crippen LogP contribution in [0.5, 0.6) is 5.75 Å². The third-order valence-corrected chi connectivity index (χ3v) is 5.35. The highest BCUT2D eigenvalue weighted by Gasteiger charge is 2.42. The maximum absolute atomic E-state index is 13.4. The number of para-hydroxylation sites is 1. The van der Waals surface area contributed by atoms with E-state index in [1.807, 2.05) is 66.7 Å². The molecule has 0 bridgehead atoms. The fourth-order valence-electron chi connectivity index (χ4n) is 4.02. The molecule has 1 N–H and O–H groups in total. The average molecular weight is 387 g/mol. The lowest BCUT2D eigenvalue weighted by molar-refractivity contribution is -0.139. The highest BCUT2D eigenvalue weighted by Crippen LogP contribution is 2.43. The smallest absolute Gasteiger partial charge is 0.313 e. The topological polar surface area (TPSA) is 66.8 Å². The van der Waals surface area contributed by atoms with Crippen molar-refractivity contribution in [2.45, 2.75) is 18.4 Å². The molecule has 0 radical (unpaired) electrons. The van der Waals surface area contributed by atoms with Crippen LogP contribution in [0, 0.1) is 0 Å². The number of fused-ring (bicyclic) bond motifs is 1. The van der Waals surface area contributed by atoms with Gasteiger partial charge in [0.2, 0.25) is 5.91 Å². The molecule has 0 saturated carbocycles. The average Bonchev–Trinajstić information content (AvgIpc) is 2.88. The summed E-state index contributed by atoms with van der Waals surface area (Å²) in [5.41, 5.74) is 2.85. The third kappa shape index (κ3) is 3.47. The number of benzene rings is 3. The standard InChI is InChI=1S/C24H21NO4/c1-29-19-13-11-16(12-14-19)23-22(24(27)28)20-10-6-5-7-17(20)15-21(26)25(23)18-8-3-2-4-9-18/h2-14,22-23H,15H2,1H3,(H,27,28). The minimum absolute atomic E-state index is 0.131. The molecule has 3 aromatic carbocycles. The Morgan fingerprint density at radius 3 is 2.28 bits per heavy atom. The summed E-state index contributed by atoms with van der Waals surface area (Å²) < 4.78 is 5.25. The van der Waals surface area contributed by atoms with Gasteiger partial charge < -0.3 is 14.7 Å². The fourth-order valence-corrected chi connectivity index (χ4v) is 4.02. The molecule has 0 aliphatic carbocycles. The molecule has 0 spiro atoms. The number of rotatable bonds is 4. The molecule has 1 heterocycles. The van der Waals surface area contributed by atoms with Gasteiger partial charge >= 0.3 is 5.97 Å². The van der Waals surface area contributed by atoms with Crippen LogP contribution in [0.25, 0.3) is 0 Å². The Labute approximate surface area is 169 Å². The first kappa shape index (κ1) is 18.7. The SMILES string of the molecule is COc1ccc(C2C(C(=O)O)c3ccccc3CC(=O)N2c2ccccc2)cc1. The van der Waals surface area contributed by atoms with Crippen molar-refractivity contribution in [1.82, 2.24) is 0 Å². The molecule has 146 valence electrons. The Kier molecular flexibility index (Phi) is 5.04. The summed E-state index contributed by atoms with van der Waals surface area (Å²) in [5, 5.41) is 10.2. The predicted molar refractivity (Wildman–Crippen MR) is 110 cm³/mol. The Balaban J connectivity index is 1.95. The van der Waals surface area contributed by atoms with E-state index in [-0.39, 0.29) is 12.3 Å². The zero-order valence-corrected chi connectivity index (χ0v) is 16.0. The number of anilines is 1. The molecule has 3 aromatic rings. The molecule has 4 rings (SSSR count). The molecule has 2 atom stereocenters. The highest BCUT2D eigenvalue weighted by atomic mass is 16.5. The number of amides is 1. The van der Waals surface area contributed by atoms with Crippen molar-refractivity contribution in [3.8, 4) is 5.75 Å². The van der Waals surface area contributed by atoms with Gasteiger partial charge in [-0.2, -0.15) is 0 Å². The molecule has 1 aliphatic rings. The predicted octanol–water partition coefficient (Wildman–Crippen LogP) is 4.19. The number of carbonyl (C=O) groups is 2. The summed E-state index contributed by atoms with van der Waals surface area (Å²) >= 11 is 0. The van der Waals surface area contributed by atoms with Gasteiger partial charge in [0.25, 0.3) is 0 Å². The molecular formula is C24H21NO4. The second kappa shape index (κ2) is 7.80. The molecule has 5 nitrogen and oxygen atoms in total. The van der Waals surface area contributed by atoms with Gasteiger partial charge in [0.15, 0.2) is 0 Å². The summed E-state index contributed by atoms with van der Waals surface area (Å²) in [6.45, 7) is 0. The molecule has 29 heavy (non-hydrogen) atoms. The maximum atomic E-state index is 13.4. The summed E-state index contributed by atoms with van der Waals surface area (Å²) in [6, 6.07) is 23.1. The van der Waals surface area contributed by atoms with Crippen molar-refractivity contribution in [1.29, 1.82) is 0 Å². The van der Waals surface area contributed by atoms with Crippen molar-refractivity contribution in [3.63, 3.8) is 0 Å². The quantitative estimate of drug-likeness (QED) is 0.729. The Bertz CT molecular complexity index is 1030. The van der Waals surface area contributed by atoms with Gasteiger partial charge in [0.1, 0.15) is 11.7 Å². The molecule has 5 heteroatoms. The monoisotopic (exact) mass is 387 g/mol. The van der Waals surface area contributed by atoms with Gasteiger partial charge in [-0.25, -0.2) is 0 Å². The van der Waals surface area contributed by atoms with Crippen molar-refractivity contribution in [2.24, 2.45) is 0 Å². The molecule has 1 amide bonds. The van der Waals surface area contributed by atoms with Crippen LogP contribution < -0.4 is 9.64 Å². The lowest BCUT2D eigenvalue weighted by Crippen LogP contribution is -2.39. The van der Waals surface area contributed by atoms with Crippen LogP contribution in [-0.2, 0) is 16.0 Å². The number of hydrogen-bond acceptors (Lipinski definition) is 3. The van der Waals surface area contributed by atoms with Crippen LogP contribution in [-0.4, -0.2) is 24.1 Å². The van der Waals surface area contributed by atoms with Crippen LogP contribution in [0.3, 0.4) is 0 Å². The van der Waals surface area contributed by atoms with E-state index < -0.39 is 17.9 Å². The lowest BCUT2D eigenvalue weighted by atomic mass is 9.84. The zero-order valence-electron chi connectivity index (χ0n) is 16.0. The Morgan fingerprint density at radius 2 is 1.62 bits per heavy atom. The van der Waals surface area contributed by atoms with Crippen LogP contribution in [0.4, 0.5) is 5.69 Å². The number of carboxylic acids is 1. The molecule has 0 fully saturated rings. The lowest BCUT2D eigenvalue weighted by Gasteiger charge is -2.34. The Morgan fingerprint density at radius 1 is 0.966 bits per heavy atom. The number of ether oxygens (including phenoxy) is 1. The first-order valence-electron chi connectivity index (χ1n) is 9.42. The van der Waals surface area contributed by atoms with Gasteiger partial charge in [0, 0.05) is 5.69 Å². The second-order valence-corrected chi connectivity index (χ2v) is 7.01. The van der Waals surface area contributed by atoms with E-state index in [2.05, 4.69) is 0 Å². The maximum Gasteiger partial charge on any atom is 0.313 e. The minimum Gasteiger partial charge on any atom is -0.497 e. The third-order valence-electron chi connectivity index (χ3n) is 5.35.